The minimum Gasteiger partial charge on any atom is -0.444 e. The van der Waals surface area contributed by atoms with Gasteiger partial charge in [0.15, 0.2) is 0 Å². The molecule has 1 amide bonds. The fourth-order valence-corrected chi connectivity index (χ4v) is 2.33. The molecule has 1 aliphatic rings. The molecule has 2 N–H and O–H groups in total. The van der Waals surface area contributed by atoms with Gasteiger partial charge in [-0.05, 0) is 50.5 Å². The summed E-state index contributed by atoms with van der Waals surface area (Å²) in [7, 11) is 0. The number of anilines is 1. The van der Waals surface area contributed by atoms with E-state index in [2.05, 4.69) is 0 Å². The third-order valence-electron chi connectivity index (χ3n) is 3.23. The summed E-state index contributed by atoms with van der Waals surface area (Å²) in [5, 5.41) is 0.558. The third kappa shape index (κ3) is 4.14. The number of carbonyl (C=O) groups is 1. The SMILES string of the molecule is CC(C)(C)OC(=O)N1CC=C(c2ccc(N)c(Cl)c2)CC1. The molecule has 0 saturated heterocycles. The van der Waals surface area contributed by atoms with Crippen molar-refractivity contribution >= 4 is 29.0 Å². The van der Waals surface area contributed by atoms with E-state index in [4.69, 9.17) is 22.1 Å². The Balaban J connectivity index is 2.05. The zero-order chi connectivity index (χ0) is 15.6. The summed E-state index contributed by atoms with van der Waals surface area (Å²) in [4.78, 5) is 13.7. The van der Waals surface area contributed by atoms with E-state index in [1.54, 1.807) is 11.0 Å². The lowest BCUT2D eigenvalue weighted by Crippen LogP contribution is -2.39. The lowest BCUT2D eigenvalue weighted by atomic mass is 9.99. The van der Waals surface area contributed by atoms with Crippen LogP contribution in [0.1, 0.15) is 32.8 Å². The number of carbonyl (C=O) groups excluding carboxylic acids is 1. The van der Waals surface area contributed by atoms with Crippen LogP contribution in [0.3, 0.4) is 0 Å². The van der Waals surface area contributed by atoms with E-state index in [-0.39, 0.29) is 6.09 Å². The topological polar surface area (TPSA) is 55.6 Å². The number of amides is 1. The van der Waals surface area contributed by atoms with Crippen molar-refractivity contribution in [2.24, 2.45) is 0 Å². The van der Waals surface area contributed by atoms with Crippen LogP contribution in [0.4, 0.5) is 10.5 Å². The lowest BCUT2D eigenvalue weighted by molar-refractivity contribution is 0.0270. The van der Waals surface area contributed by atoms with Crippen molar-refractivity contribution in [3.8, 4) is 0 Å². The van der Waals surface area contributed by atoms with Gasteiger partial charge in [0, 0.05) is 13.1 Å². The van der Waals surface area contributed by atoms with Gasteiger partial charge in [-0.15, -0.1) is 0 Å². The van der Waals surface area contributed by atoms with Gasteiger partial charge < -0.3 is 15.4 Å². The Morgan fingerprint density at radius 3 is 2.62 bits per heavy atom. The second kappa shape index (κ2) is 5.98. The van der Waals surface area contributed by atoms with Gasteiger partial charge >= 0.3 is 6.09 Å². The summed E-state index contributed by atoms with van der Waals surface area (Å²) in [5.74, 6) is 0. The highest BCUT2D eigenvalue weighted by Gasteiger charge is 2.23. The molecule has 5 heteroatoms. The molecule has 0 fully saturated rings. The Kier molecular flexibility index (Phi) is 4.47. The average molecular weight is 309 g/mol. The van der Waals surface area contributed by atoms with E-state index >= 15 is 0 Å². The summed E-state index contributed by atoms with van der Waals surface area (Å²) in [6.45, 7) is 6.79. The third-order valence-corrected chi connectivity index (χ3v) is 3.56. The van der Waals surface area contributed by atoms with Crippen LogP contribution in [0.2, 0.25) is 5.02 Å². The van der Waals surface area contributed by atoms with Gasteiger partial charge in [-0.1, -0.05) is 23.7 Å². The maximum Gasteiger partial charge on any atom is 0.410 e. The van der Waals surface area contributed by atoms with Gasteiger partial charge in [0.25, 0.3) is 0 Å². The predicted octanol–water partition coefficient (Wildman–Crippen LogP) is 3.95. The van der Waals surface area contributed by atoms with Crippen molar-refractivity contribution in [2.75, 3.05) is 18.8 Å². The molecule has 0 aromatic heterocycles. The molecule has 0 atom stereocenters. The van der Waals surface area contributed by atoms with Gasteiger partial charge in [-0.25, -0.2) is 4.79 Å². The molecule has 0 bridgehead atoms. The molecule has 1 aromatic carbocycles. The van der Waals surface area contributed by atoms with Gasteiger partial charge in [-0.2, -0.15) is 0 Å². The van der Waals surface area contributed by atoms with Crippen LogP contribution in [0.15, 0.2) is 24.3 Å². The largest absolute Gasteiger partial charge is 0.444 e. The number of ether oxygens (including phenoxy) is 1. The van der Waals surface area contributed by atoms with Crippen molar-refractivity contribution in [2.45, 2.75) is 32.8 Å². The van der Waals surface area contributed by atoms with Gasteiger partial charge in [0.1, 0.15) is 5.60 Å². The zero-order valence-electron chi connectivity index (χ0n) is 12.6. The molecule has 4 nitrogen and oxygen atoms in total. The highest BCUT2D eigenvalue weighted by molar-refractivity contribution is 6.33. The molecular weight excluding hydrogens is 288 g/mol. The Hall–Kier alpha value is -1.68. The standard InChI is InChI=1S/C16H21ClN2O2/c1-16(2,3)21-15(20)19-8-6-11(7-9-19)12-4-5-14(18)13(17)10-12/h4-6,10H,7-9,18H2,1-3H3. The first-order valence-corrected chi connectivity index (χ1v) is 7.36. The van der Waals surface area contributed by atoms with Crippen molar-refractivity contribution in [1.82, 2.24) is 4.90 Å². The van der Waals surface area contributed by atoms with Crippen molar-refractivity contribution < 1.29 is 9.53 Å². The number of halogens is 1. The fraction of sp³-hybridized carbons (Fsp3) is 0.438. The summed E-state index contributed by atoms with van der Waals surface area (Å²) in [6, 6.07) is 5.63. The van der Waals surface area contributed by atoms with Crippen molar-refractivity contribution in [1.29, 1.82) is 0 Å². The summed E-state index contributed by atoms with van der Waals surface area (Å²) >= 11 is 6.05. The summed E-state index contributed by atoms with van der Waals surface area (Å²) < 4.78 is 5.37. The maximum absolute atomic E-state index is 12.0. The van der Waals surface area contributed by atoms with Crippen LogP contribution in [0, 0.1) is 0 Å². The van der Waals surface area contributed by atoms with Crippen LogP contribution in [0.25, 0.3) is 5.57 Å². The first-order chi connectivity index (χ1) is 9.76. The molecule has 0 radical (unpaired) electrons. The maximum atomic E-state index is 12.0. The quantitative estimate of drug-likeness (QED) is 0.799. The van der Waals surface area contributed by atoms with Crippen LogP contribution >= 0.6 is 11.6 Å². The molecule has 0 saturated carbocycles. The average Bonchev–Trinajstić information content (AvgIpc) is 2.40. The Morgan fingerprint density at radius 2 is 2.10 bits per heavy atom. The van der Waals surface area contributed by atoms with Crippen LogP contribution in [0.5, 0.6) is 0 Å². The molecule has 0 aliphatic carbocycles. The molecule has 0 spiro atoms. The summed E-state index contributed by atoms with van der Waals surface area (Å²) in [5.41, 5.74) is 8.06. The highest BCUT2D eigenvalue weighted by Crippen LogP contribution is 2.28. The lowest BCUT2D eigenvalue weighted by Gasteiger charge is -2.29. The molecule has 114 valence electrons. The Bertz CT molecular complexity index is 576. The molecule has 2 rings (SSSR count). The second-order valence-electron chi connectivity index (χ2n) is 6.14. The van der Waals surface area contributed by atoms with E-state index in [1.165, 1.54) is 5.57 Å². The van der Waals surface area contributed by atoms with E-state index < -0.39 is 5.60 Å². The van der Waals surface area contributed by atoms with Gasteiger partial charge in [0.05, 0.1) is 10.7 Å². The number of hydrogen-bond donors (Lipinski definition) is 1. The minimum atomic E-state index is -0.467. The van der Waals surface area contributed by atoms with Crippen molar-refractivity contribution in [3.63, 3.8) is 0 Å². The normalized spacial score (nSPS) is 15.6. The van der Waals surface area contributed by atoms with Gasteiger partial charge in [0.2, 0.25) is 0 Å². The molecule has 1 aliphatic heterocycles. The van der Waals surface area contributed by atoms with Crippen molar-refractivity contribution in [3.05, 3.63) is 34.9 Å². The fourth-order valence-electron chi connectivity index (χ4n) is 2.15. The van der Waals surface area contributed by atoms with E-state index in [0.717, 1.165) is 12.0 Å². The first kappa shape index (κ1) is 15.7. The van der Waals surface area contributed by atoms with E-state index in [9.17, 15) is 4.79 Å². The molecule has 0 unspecified atom stereocenters. The number of nitrogens with two attached hydrogens (primary N) is 1. The Morgan fingerprint density at radius 1 is 1.38 bits per heavy atom. The molecular formula is C16H21ClN2O2. The van der Waals surface area contributed by atoms with Crippen LogP contribution in [-0.4, -0.2) is 29.7 Å². The Labute approximate surface area is 130 Å². The minimum absolute atomic E-state index is 0.270. The number of benzene rings is 1. The number of nitrogens with zero attached hydrogens (tertiary/aromatic N) is 1. The second-order valence-corrected chi connectivity index (χ2v) is 6.55. The van der Waals surface area contributed by atoms with E-state index in [0.29, 0.717) is 23.8 Å². The highest BCUT2D eigenvalue weighted by atomic mass is 35.5. The van der Waals surface area contributed by atoms with Crippen LogP contribution in [-0.2, 0) is 4.74 Å². The zero-order valence-corrected chi connectivity index (χ0v) is 13.4. The smallest absolute Gasteiger partial charge is 0.410 e. The predicted molar refractivity (Wildman–Crippen MR) is 86.3 cm³/mol. The van der Waals surface area contributed by atoms with Crippen LogP contribution < -0.4 is 5.73 Å². The van der Waals surface area contributed by atoms with Gasteiger partial charge in [-0.3, -0.25) is 0 Å². The summed E-state index contributed by atoms with van der Waals surface area (Å²) in [6.07, 6.45) is 2.54. The number of hydrogen-bond acceptors (Lipinski definition) is 3. The first-order valence-electron chi connectivity index (χ1n) is 6.98. The number of rotatable bonds is 1. The van der Waals surface area contributed by atoms with E-state index in [1.807, 2.05) is 39.0 Å². The monoisotopic (exact) mass is 308 g/mol. The molecule has 1 heterocycles. The molecule has 21 heavy (non-hydrogen) atoms. The number of nitrogen functional groups attached to an aromatic ring is 1. The molecule has 1 aromatic rings.